The van der Waals surface area contributed by atoms with Crippen LogP contribution in [-0.2, 0) is 0 Å². The number of benzene rings is 1. The van der Waals surface area contributed by atoms with E-state index in [1.807, 2.05) is 47.2 Å². The number of nitrogens with zero attached hydrogens (tertiary/aromatic N) is 5. The topological polar surface area (TPSA) is 65.1 Å². The molecule has 0 bridgehead atoms. The van der Waals surface area contributed by atoms with Crippen molar-refractivity contribution in [2.24, 2.45) is 0 Å². The van der Waals surface area contributed by atoms with E-state index in [2.05, 4.69) is 15.1 Å². The molecule has 25 heavy (non-hydrogen) atoms. The first-order chi connectivity index (χ1) is 12.3. The quantitative estimate of drug-likeness (QED) is 0.566. The van der Waals surface area contributed by atoms with Gasteiger partial charge in [-0.15, -0.1) is 0 Å². The second kappa shape index (κ2) is 5.51. The van der Waals surface area contributed by atoms with Crippen LogP contribution >= 0.6 is 0 Å². The highest BCUT2D eigenvalue weighted by Crippen LogP contribution is 2.30. The molecular formula is C19H17N5O. The van der Waals surface area contributed by atoms with Crippen LogP contribution in [0.25, 0.3) is 27.9 Å². The molecule has 0 spiro atoms. The molecule has 124 valence electrons. The monoisotopic (exact) mass is 331 g/mol. The van der Waals surface area contributed by atoms with Crippen LogP contribution in [-0.4, -0.2) is 24.1 Å². The van der Waals surface area contributed by atoms with Crippen molar-refractivity contribution in [2.75, 3.05) is 0 Å². The van der Waals surface area contributed by atoms with E-state index < -0.39 is 0 Å². The standard InChI is InChI=1S/C19H17N5O/c25-18-16-15(10-11-23(18)14-8-4-5-9-14)22-19-20-12-21-24(19)17(16)13-6-2-1-3-7-13/h1-3,6-7,10-12,14H,4-5,8-9H2. The molecule has 0 aliphatic heterocycles. The zero-order valence-corrected chi connectivity index (χ0v) is 13.7. The molecule has 0 unspecified atom stereocenters. The molecule has 0 amide bonds. The van der Waals surface area contributed by atoms with E-state index in [4.69, 9.17) is 0 Å². The Labute approximate surface area is 143 Å². The summed E-state index contributed by atoms with van der Waals surface area (Å²) in [5.74, 6) is 0.504. The van der Waals surface area contributed by atoms with Gasteiger partial charge in [0.25, 0.3) is 11.3 Å². The summed E-state index contributed by atoms with van der Waals surface area (Å²) in [7, 11) is 0. The van der Waals surface area contributed by atoms with Crippen molar-refractivity contribution in [2.45, 2.75) is 31.7 Å². The number of hydrogen-bond donors (Lipinski definition) is 0. The Morgan fingerprint density at radius 3 is 2.64 bits per heavy atom. The average molecular weight is 331 g/mol. The molecule has 6 heteroatoms. The largest absolute Gasteiger partial charge is 0.312 e. The van der Waals surface area contributed by atoms with Gasteiger partial charge in [-0.1, -0.05) is 43.2 Å². The van der Waals surface area contributed by atoms with Gasteiger partial charge < -0.3 is 4.57 Å². The Kier molecular flexibility index (Phi) is 3.16. The zero-order valence-electron chi connectivity index (χ0n) is 13.7. The predicted molar refractivity (Wildman–Crippen MR) is 95.5 cm³/mol. The predicted octanol–water partition coefficient (Wildman–Crippen LogP) is 3.22. The van der Waals surface area contributed by atoms with E-state index in [0.717, 1.165) is 24.1 Å². The Balaban J connectivity index is 1.91. The fourth-order valence-corrected chi connectivity index (χ4v) is 3.87. The van der Waals surface area contributed by atoms with Crippen LogP contribution in [0.15, 0.2) is 53.7 Å². The first-order valence-electron chi connectivity index (χ1n) is 8.63. The lowest BCUT2D eigenvalue weighted by Gasteiger charge is -2.15. The summed E-state index contributed by atoms with van der Waals surface area (Å²) in [6.07, 6.45) is 7.84. The van der Waals surface area contributed by atoms with Gasteiger partial charge in [0, 0.05) is 17.8 Å². The number of rotatable bonds is 2. The number of fused-ring (bicyclic) bond motifs is 2. The molecule has 4 aromatic rings. The van der Waals surface area contributed by atoms with Crippen LogP contribution in [0.3, 0.4) is 0 Å². The average Bonchev–Trinajstić information content (AvgIpc) is 3.32. The molecular weight excluding hydrogens is 314 g/mol. The van der Waals surface area contributed by atoms with Gasteiger partial charge in [0.05, 0.1) is 16.6 Å². The number of aromatic nitrogens is 5. The van der Waals surface area contributed by atoms with Crippen LogP contribution in [0.4, 0.5) is 0 Å². The summed E-state index contributed by atoms with van der Waals surface area (Å²) in [5, 5.41) is 4.92. The third kappa shape index (κ3) is 2.17. The van der Waals surface area contributed by atoms with Gasteiger partial charge in [-0.25, -0.2) is 4.98 Å². The summed E-state index contributed by atoms with van der Waals surface area (Å²) < 4.78 is 3.55. The van der Waals surface area contributed by atoms with Gasteiger partial charge in [0.15, 0.2) is 0 Å². The van der Waals surface area contributed by atoms with Gasteiger partial charge >= 0.3 is 0 Å². The van der Waals surface area contributed by atoms with Crippen molar-refractivity contribution < 1.29 is 0 Å². The maximum atomic E-state index is 13.3. The van der Waals surface area contributed by atoms with Crippen molar-refractivity contribution in [3.05, 3.63) is 59.3 Å². The maximum Gasteiger partial charge on any atom is 0.262 e. The molecule has 1 aromatic carbocycles. The summed E-state index contributed by atoms with van der Waals surface area (Å²) in [6, 6.07) is 12.1. The molecule has 0 atom stereocenters. The second-order valence-corrected chi connectivity index (χ2v) is 6.52. The van der Waals surface area contributed by atoms with Gasteiger partial charge in [0.1, 0.15) is 6.33 Å². The molecule has 5 rings (SSSR count). The molecule has 1 aliphatic carbocycles. The van der Waals surface area contributed by atoms with Crippen molar-refractivity contribution >= 4 is 16.7 Å². The molecule has 0 saturated heterocycles. The van der Waals surface area contributed by atoms with E-state index in [-0.39, 0.29) is 11.6 Å². The Bertz CT molecular complexity index is 1120. The fourth-order valence-electron chi connectivity index (χ4n) is 3.87. The Morgan fingerprint density at radius 2 is 1.84 bits per heavy atom. The van der Waals surface area contributed by atoms with E-state index in [1.54, 1.807) is 4.52 Å². The lowest BCUT2D eigenvalue weighted by molar-refractivity contribution is 0.505. The number of pyridine rings is 1. The molecule has 1 saturated carbocycles. The normalized spacial score (nSPS) is 15.4. The molecule has 6 nitrogen and oxygen atoms in total. The van der Waals surface area contributed by atoms with E-state index in [0.29, 0.717) is 16.7 Å². The number of hydrogen-bond acceptors (Lipinski definition) is 4. The van der Waals surface area contributed by atoms with Crippen molar-refractivity contribution in [1.82, 2.24) is 24.1 Å². The third-order valence-electron chi connectivity index (χ3n) is 5.06. The smallest absolute Gasteiger partial charge is 0.262 e. The van der Waals surface area contributed by atoms with Gasteiger partial charge in [0.2, 0.25) is 0 Å². The summed E-state index contributed by atoms with van der Waals surface area (Å²) >= 11 is 0. The fraction of sp³-hybridized carbons (Fsp3) is 0.263. The molecule has 3 aromatic heterocycles. The van der Waals surface area contributed by atoms with Crippen molar-refractivity contribution in [3.8, 4) is 11.3 Å². The lowest BCUT2D eigenvalue weighted by Crippen LogP contribution is -2.24. The van der Waals surface area contributed by atoms with Crippen LogP contribution in [0.5, 0.6) is 0 Å². The third-order valence-corrected chi connectivity index (χ3v) is 5.06. The van der Waals surface area contributed by atoms with E-state index >= 15 is 0 Å². The first kappa shape index (κ1) is 14.3. The Hall–Kier alpha value is -3.02. The van der Waals surface area contributed by atoms with Crippen LogP contribution < -0.4 is 5.56 Å². The highest BCUT2D eigenvalue weighted by molar-refractivity contribution is 5.93. The highest BCUT2D eigenvalue weighted by atomic mass is 16.1. The Morgan fingerprint density at radius 1 is 1.04 bits per heavy atom. The zero-order chi connectivity index (χ0) is 16.8. The minimum Gasteiger partial charge on any atom is -0.312 e. The molecule has 1 fully saturated rings. The van der Waals surface area contributed by atoms with Gasteiger partial charge in [-0.2, -0.15) is 14.6 Å². The highest BCUT2D eigenvalue weighted by Gasteiger charge is 2.22. The van der Waals surface area contributed by atoms with Gasteiger partial charge in [-0.05, 0) is 18.9 Å². The molecule has 1 aliphatic rings. The van der Waals surface area contributed by atoms with Crippen LogP contribution in [0, 0.1) is 0 Å². The van der Waals surface area contributed by atoms with E-state index in [9.17, 15) is 4.79 Å². The minimum absolute atomic E-state index is 0.00755. The summed E-state index contributed by atoms with van der Waals surface area (Å²) in [6.45, 7) is 0. The first-order valence-corrected chi connectivity index (χ1v) is 8.63. The minimum atomic E-state index is 0.00755. The molecule has 0 N–H and O–H groups in total. The summed E-state index contributed by atoms with van der Waals surface area (Å²) in [4.78, 5) is 22.1. The lowest BCUT2D eigenvalue weighted by atomic mass is 10.1. The van der Waals surface area contributed by atoms with Crippen LogP contribution in [0.2, 0.25) is 0 Å². The van der Waals surface area contributed by atoms with Crippen molar-refractivity contribution in [1.29, 1.82) is 0 Å². The summed E-state index contributed by atoms with van der Waals surface area (Å²) in [5.41, 5.74) is 2.37. The second-order valence-electron chi connectivity index (χ2n) is 6.52. The molecule has 3 heterocycles. The maximum absolute atomic E-state index is 13.3. The van der Waals surface area contributed by atoms with Crippen molar-refractivity contribution in [3.63, 3.8) is 0 Å². The van der Waals surface area contributed by atoms with Gasteiger partial charge in [-0.3, -0.25) is 4.79 Å². The molecule has 0 radical (unpaired) electrons. The van der Waals surface area contributed by atoms with Crippen LogP contribution in [0.1, 0.15) is 31.7 Å². The van der Waals surface area contributed by atoms with E-state index in [1.165, 1.54) is 19.2 Å². The SMILES string of the molecule is O=c1c2c(-c3ccccc3)n3ncnc3nc2ccn1C1CCCC1.